The fourth-order valence-corrected chi connectivity index (χ4v) is 1.18. The Morgan fingerprint density at radius 1 is 1.22 bits per heavy atom. The molecular weight excluding hydrogens is 232 g/mol. The summed E-state index contributed by atoms with van der Waals surface area (Å²) in [5, 5.41) is 0. The maximum atomic E-state index is 11.0. The summed E-state index contributed by atoms with van der Waals surface area (Å²) in [6, 6.07) is 0. The molecule has 0 unspecified atom stereocenters. The van der Waals surface area contributed by atoms with Gasteiger partial charge >= 0.3 is 0 Å². The van der Waals surface area contributed by atoms with Crippen LogP contribution in [-0.2, 0) is 14.3 Å². The molecule has 5 nitrogen and oxygen atoms in total. The molecule has 0 fully saturated rings. The molecule has 2 N–H and O–H groups in total. The van der Waals surface area contributed by atoms with E-state index in [4.69, 9.17) is 15.2 Å². The zero-order valence-corrected chi connectivity index (χ0v) is 11.4. The first-order chi connectivity index (χ1) is 8.70. The van der Waals surface area contributed by atoms with Crippen molar-refractivity contribution in [1.29, 1.82) is 0 Å². The fraction of sp³-hybridized carbons (Fsp3) is 0.769. The smallest absolute Gasteiger partial charge is 0.231 e. The van der Waals surface area contributed by atoms with Gasteiger partial charge in [0.1, 0.15) is 6.61 Å². The molecule has 0 aromatic heterocycles. The van der Waals surface area contributed by atoms with Crippen molar-refractivity contribution in [3.8, 4) is 11.8 Å². The number of ketones is 1. The molecule has 0 saturated carbocycles. The topological polar surface area (TPSA) is 64.8 Å². The molecule has 5 heteroatoms. The first-order valence-electron chi connectivity index (χ1n) is 6.20. The Labute approximate surface area is 110 Å². The van der Waals surface area contributed by atoms with Gasteiger partial charge in [-0.15, -0.1) is 0 Å². The number of carbonyl (C=O) groups is 1. The van der Waals surface area contributed by atoms with Crippen LogP contribution in [0.2, 0.25) is 0 Å². The van der Waals surface area contributed by atoms with E-state index >= 15 is 0 Å². The van der Waals surface area contributed by atoms with Gasteiger partial charge < -0.3 is 20.1 Å². The average Bonchev–Trinajstić information content (AvgIpc) is 2.35. The Morgan fingerprint density at radius 2 is 1.89 bits per heavy atom. The van der Waals surface area contributed by atoms with Crippen LogP contribution >= 0.6 is 0 Å². The molecule has 0 saturated heterocycles. The number of nitrogens with zero attached hydrogens (tertiary/aromatic N) is 1. The summed E-state index contributed by atoms with van der Waals surface area (Å²) in [6.07, 6.45) is 0.896. The molecule has 0 aliphatic heterocycles. The minimum Gasteiger partial charge on any atom is -0.380 e. The van der Waals surface area contributed by atoms with Crippen LogP contribution in [0.3, 0.4) is 0 Å². The van der Waals surface area contributed by atoms with Gasteiger partial charge in [0.25, 0.3) is 0 Å². The molecule has 104 valence electrons. The molecule has 0 heterocycles. The van der Waals surface area contributed by atoms with E-state index < -0.39 is 0 Å². The van der Waals surface area contributed by atoms with Crippen molar-refractivity contribution in [3.63, 3.8) is 0 Å². The Morgan fingerprint density at radius 3 is 2.50 bits per heavy atom. The molecule has 18 heavy (non-hydrogen) atoms. The number of nitrogens with two attached hydrogens (primary N) is 1. The highest BCUT2D eigenvalue weighted by atomic mass is 16.5. The Hall–Kier alpha value is -0.930. The third kappa shape index (κ3) is 11.6. The van der Waals surface area contributed by atoms with Gasteiger partial charge in [-0.1, -0.05) is 5.92 Å². The monoisotopic (exact) mass is 256 g/mol. The van der Waals surface area contributed by atoms with Gasteiger partial charge in [-0.2, -0.15) is 0 Å². The van der Waals surface area contributed by atoms with E-state index in [1.54, 1.807) is 6.92 Å². The SMILES string of the molecule is CC#CC(=O)COCCN(C)CCOCCCN. The molecule has 0 amide bonds. The van der Waals surface area contributed by atoms with Crippen LogP contribution in [0, 0.1) is 11.8 Å². The molecular formula is C13H24N2O3. The van der Waals surface area contributed by atoms with Crippen molar-refractivity contribution >= 4 is 5.78 Å². The molecule has 0 radical (unpaired) electrons. The Kier molecular flexibility index (Phi) is 11.9. The lowest BCUT2D eigenvalue weighted by Crippen LogP contribution is -2.27. The van der Waals surface area contributed by atoms with Crippen LogP contribution in [0.1, 0.15) is 13.3 Å². The predicted molar refractivity (Wildman–Crippen MR) is 71.3 cm³/mol. The van der Waals surface area contributed by atoms with E-state index in [1.165, 1.54) is 0 Å². The van der Waals surface area contributed by atoms with Crippen LogP contribution in [0.4, 0.5) is 0 Å². The zero-order valence-electron chi connectivity index (χ0n) is 11.4. The maximum absolute atomic E-state index is 11.0. The lowest BCUT2D eigenvalue weighted by atomic mass is 10.4. The quantitative estimate of drug-likeness (QED) is 0.317. The lowest BCUT2D eigenvalue weighted by Gasteiger charge is -2.16. The van der Waals surface area contributed by atoms with Crippen LogP contribution in [0.15, 0.2) is 0 Å². The standard InChI is InChI=1S/C13H24N2O3/c1-3-5-13(16)12-18-11-8-15(2)7-10-17-9-4-6-14/h4,6-12,14H2,1-2H3. The highest BCUT2D eigenvalue weighted by molar-refractivity contribution is 5.96. The van der Waals surface area contributed by atoms with Gasteiger partial charge in [0, 0.05) is 19.7 Å². The summed E-state index contributed by atoms with van der Waals surface area (Å²) in [5.41, 5.74) is 5.35. The second-order valence-electron chi connectivity index (χ2n) is 3.91. The van der Waals surface area contributed by atoms with Crippen LogP contribution < -0.4 is 5.73 Å². The first kappa shape index (κ1) is 17.1. The molecule has 0 spiro atoms. The number of hydrogen-bond acceptors (Lipinski definition) is 5. The highest BCUT2D eigenvalue weighted by Gasteiger charge is 2.00. The van der Waals surface area contributed by atoms with Gasteiger partial charge in [-0.3, -0.25) is 4.79 Å². The van der Waals surface area contributed by atoms with Gasteiger partial charge in [0.2, 0.25) is 5.78 Å². The van der Waals surface area contributed by atoms with E-state index in [9.17, 15) is 4.79 Å². The summed E-state index contributed by atoms with van der Waals surface area (Å²) in [5.74, 6) is 4.80. The highest BCUT2D eigenvalue weighted by Crippen LogP contribution is 1.87. The number of likely N-dealkylation sites (N-methyl/N-ethyl adjacent to an activating group) is 1. The molecule has 0 aromatic rings. The van der Waals surface area contributed by atoms with Crippen LogP contribution in [0.5, 0.6) is 0 Å². The maximum Gasteiger partial charge on any atom is 0.231 e. The van der Waals surface area contributed by atoms with E-state index in [0.717, 1.165) is 19.5 Å². The summed E-state index contributed by atoms with van der Waals surface area (Å²) in [6.45, 7) is 5.91. The zero-order chi connectivity index (χ0) is 13.6. The first-order valence-corrected chi connectivity index (χ1v) is 6.20. The largest absolute Gasteiger partial charge is 0.380 e. The van der Waals surface area contributed by atoms with E-state index in [2.05, 4.69) is 16.7 Å². The minimum absolute atomic E-state index is 0.0711. The predicted octanol–water partition coefficient (Wildman–Crippen LogP) is -0.107. The van der Waals surface area contributed by atoms with Crippen molar-refractivity contribution in [2.75, 3.05) is 53.1 Å². The molecule has 0 rings (SSSR count). The van der Waals surface area contributed by atoms with Crippen molar-refractivity contribution < 1.29 is 14.3 Å². The number of rotatable bonds is 11. The average molecular weight is 256 g/mol. The van der Waals surface area contributed by atoms with Gasteiger partial charge in [0.15, 0.2) is 0 Å². The van der Waals surface area contributed by atoms with E-state index in [0.29, 0.717) is 26.4 Å². The van der Waals surface area contributed by atoms with Crippen molar-refractivity contribution in [2.45, 2.75) is 13.3 Å². The van der Waals surface area contributed by atoms with Gasteiger partial charge in [0.05, 0.1) is 13.2 Å². The Bertz CT molecular complexity index is 271. The third-order valence-corrected chi connectivity index (χ3v) is 2.23. The summed E-state index contributed by atoms with van der Waals surface area (Å²) in [4.78, 5) is 13.1. The summed E-state index contributed by atoms with van der Waals surface area (Å²) < 4.78 is 10.6. The summed E-state index contributed by atoms with van der Waals surface area (Å²) >= 11 is 0. The van der Waals surface area contributed by atoms with Gasteiger partial charge in [-0.05, 0) is 32.9 Å². The van der Waals surface area contributed by atoms with Crippen molar-refractivity contribution in [3.05, 3.63) is 0 Å². The molecule has 0 aliphatic carbocycles. The van der Waals surface area contributed by atoms with E-state index in [1.807, 2.05) is 7.05 Å². The molecule has 0 atom stereocenters. The fourth-order valence-electron chi connectivity index (χ4n) is 1.18. The number of ether oxygens (including phenoxy) is 2. The van der Waals surface area contributed by atoms with Crippen molar-refractivity contribution in [1.82, 2.24) is 4.90 Å². The van der Waals surface area contributed by atoms with Crippen LogP contribution in [-0.4, -0.2) is 63.8 Å². The summed E-state index contributed by atoms with van der Waals surface area (Å²) in [7, 11) is 1.99. The number of hydrogen-bond donors (Lipinski definition) is 1. The second-order valence-corrected chi connectivity index (χ2v) is 3.91. The van der Waals surface area contributed by atoms with E-state index in [-0.39, 0.29) is 12.4 Å². The minimum atomic E-state index is -0.176. The van der Waals surface area contributed by atoms with Crippen LogP contribution in [0.25, 0.3) is 0 Å². The molecule has 0 aliphatic rings. The van der Waals surface area contributed by atoms with Gasteiger partial charge in [-0.25, -0.2) is 0 Å². The number of Topliss-reactive ketones (excluding diaryl/α,β-unsaturated/α-hetero) is 1. The Balaban J connectivity index is 3.33. The lowest BCUT2D eigenvalue weighted by molar-refractivity contribution is -0.118. The van der Waals surface area contributed by atoms with Crippen molar-refractivity contribution in [2.24, 2.45) is 5.73 Å². The molecule has 0 bridgehead atoms. The second kappa shape index (κ2) is 12.5. The molecule has 0 aromatic carbocycles. The number of carbonyl (C=O) groups excluding carboxylic acids is 1. The third-order valence-electron chi connectivity index (χ3n) is 2.23. The normalized spacial score (nSPS) is 10.2.